The van der Waals surface area contributed by atoms with Crippen LogP contribution in [0.4, 0.5) is 14.5 Å². The maximum absolute atomic E-state index is 12.4. The minimum absolute atomic E-state index is 0.00984. The normalized spacial score (nSPS) is 15.7. The molecule has 1 heterocycles. The van der Waals surface area contributed by atoms with E-state index < -0.39 is 22.5 Å². The van der Waals surface area contributed by atoms with Crippen molar-refractivity contribution in [1.29, 1.82) is 0 Å². The number of nitrogens with zero attached hydrogens (tertiary/aromatic N) is 2. The molecule has 1 aliphatic heterocycles. The van der Waals surface area contributed by atoms with Crippen LogP contribution in [0.15, 0.2) is 57.8 Å². The van der Waals surface area contributed by atoms with Gasteiger partial charge in [-0.2, -0.15) is 17.2 Å². The van der Waals surface area contributed by atoms with Crippen LogP contribution in [0.2, 0.25) is 0 Å². The van der Waals surface area contributed by atoms with Gasteiger partial charge >= 0.3 is 6.61 Å². The average molecular weight is 423 g/mol. The molecule has 0 radical (unpaired) electrons. The van der Waals surface area contributed by atoms with Crippen LogP contribution in [0, 0.1) is 0 Å². The van der Waals surface area contributed by atoms with Crippen LogP contribution >= 0.6 is 0 Å². The van der Waals surface area contributed by atoms with Crippen LogP contribution in [-0.4, -0.2) is 45.3 Å². The van der Waals surface area contributed by atoms with Gasteiger partial charge in [0.15, 0.2) is 0 Å². The van der Waals surface area contributed by atoms with E-state index in [0.717, 1.165) is 13.0 Å². The minimum atomic E-state index is -3.85. The van der Waals surface area contributed by atoms with Crippen molar-refractivity contribution in [3.63, 3.8) is 0 Å². The number of anilines is 1. The highest BCUT2D eigenvalue weighted by molar-refractivity contribution is 7.90. The first-order valence-corrected chi connectivity index (χ1v) is 10.2. The van der Waals surface area contributed by atoms with Crippen molar-refractivity contribution in [2.45, 2.75) is 24.3 Å². The minimum Gasteiger partial charge on any atom is -0.435 e. The summed E-state index contributed by atoms with van der Waals surface area (Å²) in [7, 11) is -2.05. The number of likely N-dealkylation sites (tertiary alicyclic amines) is 1. The number of amides is 1. The summed E-state index contributed by atoms with van der Waals surface area (Å²) in [5.41, 5.74) is 0.468. The SMILES string of the molecule is CN1CCC/C1=N\S(=O)(=O)c1ccc(NC(=O)c2cccc(OC(F)F)c2)cc1. The number of benzene rings is 2. The van der Waals surface area contributed by atoms with Crippen LogP contribution in [0.5, 0.6) is 5.75 Å². The van der Waals surface area contributed by atoms with E-state index in [2.05, 4.69) is 14.5 Å². The van der Waals surface area contributed by atoms with Crippen LogP contribution in [-0.2, 0) is 10.0 Å². The van der Waals surface area contributed by atoms with Gasteiger partial charge in [-0.15, -0.1) is 4.40 Å². The lowest BCUT2D eigenvalue weighted by Gasteiger charge is -2.11. The molecule has 0 unspecified atom stereocenters. The third kappa shape index (κ3) is 5.29. The Kier molecular flexibility index (Phi) is 6.12. The zero-order valence-corrected chi connectivity index (χ0v) is 16.3. The van der Waals surface area contributed by atoms with Crippen molar-refractivity contribution in [2.24, 2.45) is 4.40 Å². The summed E-state index contributed by atoms with van der Waals surface area (Å²) in [5.74, 6) is -0.161. The highest BCUT2D eigenvalue weighted by atomic mass is 32.2. The Labute approximate surface area is 167 Å². The molecule has 1 saturated heterocycles. The summed E-state index contributed by atoms with van der Waals surface area (Å²) < 4.78 is 57.6. The van der Waals surface area contributed by atoms with E-state index in [1.54, 1.807) is 11.9 Å². The summed E-state index contributed by atoms with van der Waals surface area (Å²) in [4.78, 5) is 14.1. The van der Waals surface area contributed by atoms with Crippen LogP contribution in [0.1, 0.15) is 23.2 Å². The molecule has 2 aromatic carbocycles. The van der Waals surface area contributed by atoms with Gasteiger partial charge in [0.2, 0.25) is 0 Å². The molecule has 0 spiro atoms. The maximum atomic E-state index is 12.4. The van der Waals surface area contributed by atoms with E-state index in [0.29, 0.717) is 17.9 Å². The van der Waals surface area contributed by atoms with Crippen molar-refractivity contribution >= 4 is 27.5 Å². The van der Waals surface area contributed by atoms with Crippen LogP contribution < -0.4 is 10.1 Å². The molecule has 1 fully saturated rings. The van der Waals surface area contributed by atoms with Crippen molar-refractivity contribution in [2.75, 3.05) is 18.9 Å². The van der Waals surface area contributed by atoms with Crippen molar-refractivity contribution < 1.29 is 26.7 Å². The topological polar surface area (TPSA) is 88.1 Å². The fraction of sp³-hybridized carbons (Fsp3) is 0.263. The molecule has 2 aromatic rings. The molecule has 0 aliphatic carbocycles. The number of rotatable bonds is 6. The van der Waals surface area contributed by atoms with Gasteiger partial charge in [-0.1, -0.05) is 6.07 Å². The second-order valence-electron chi connectivity index (χ2n) is 6.39. The van der Waals surface area contributed by atoms with E-state index in [9.17, 15) is 22.0 Å². The monoisotopic (exact) mass is 423 g/mol. The quantitative estimate of drug-likeness (QED) is 0.770. The highest BCUT2D eigenvalue weighted by Gasteiger charge is 2.20. The molecule has 0 saturated carbocycles. The number of alkyl halides is 2. The molecule has 1 amide bonds. The molecule has 1 aliphatic rings. The van der Waals surface area contributed by atoms with Gasteiger partial charge in [0.25, 0.3) is 15.9 Å². The molecular weight excluding hydrogens is 404 g/mol. The molecule has 3 rings (SSSR count). The molecule has 0 atom stereocenters. The molecule has 1 N–H and O–H groups in total. The lowest BCUT2D eigenvalue weighted by Crippen LogP contribution is -2.20. The molecule has 29 heavy (non-hydrogen) atoms. The third-order valence-corrected chi connectivity index (χ3v) is 5.61. The van der Waals surface area contributed by atoms with E-state index in [4.69, 9.17) is 0 Å². The zero-order valence-electron chi connectivity index (χ0n) is 15.5. The Bertz CT molecular complexity index is 1020. The smallest absolute Gasteiger partial charge is 0.387 e. The van der Waals surface area contributed by atoms with Crippen LogP contribution in [0.25, 0.3) is 0 Å². The Morgan fingerprint density at radius 2 is 1.93 bits per heavy atom. The predicted molar refractivity (Wildman–Crippen MR) is 104 cm³/mol. The number of hydrogen-bond acceptors (Lipinski definition) is 4. The van der Waals surface area contributed by atoms with E-state index >= 15 is 0 Å². The summed E-state index contributed by atoms with van der Waals surface area (Å²) in [5, 5.41) is 2.58. The van der Waals surface area contributed by atoms with E-state index in [1.165, 1.54) is 48.5 Å². The predicted octanol–water partition coefficient (Wildman–Crippen LogP) is 3.35. The standard InChI is InChI=1S/C19H19F2N3O4S/c1-24-11-3-6-17(24)23-29(26,27)16-9-7-14(8-10-16)22-18(25)13-4-2-5-15(12-13)28-19(20)21/h2,4-5,7-10,12,19H,3,6,11H2,1H3,(H,22,25)/b23-17+. The first-order valence-electron chi connectivity index (χ1n) is 8.76. The van der Waals surface area contributed by atoms with Gasteiger partial charge in [-0.25, -0.2) is 0 Å². The molecule has 154 valence electrons. The number of ether oxygens (including phenoxy) is 1. The molecule has 7 nitrogen and oxygen atoms in total. The fourth-order valence-corrected chi connectivity index (χ4v) is 3.92. The lowest BCUT2D eigenvalue weighted by atomic mass is 10.2. The fourth-order valence-electron chi connectivity index (χ4n) is 2.83. The van der Waals surface area contributed by atoms with Gasteiger partial charge in [0.1, 0.15) is 11.6 Å². The highest BCUT2D eigenvalue weighted by Crippen LogP contribution is 2.21. The Hall–Kier alpha value is -3.01. The summed E-state index contributed by atoms with van der Waals surface area (Å²) in [6.07, 6.45) is 1.47. The summed E-state index contributed by atoms with van der Waals surface area (Å²) in [6.45, 7) is -2.22. The first-order chi connectivity index (χ1) is 13.7. The van der Waals surface area contributed by atoms with Gasteiger partial charge in [0, 0.05) is 31.3 Å². The number of carbonyl (C=O) groups is 1. The number of hydrogen-bond donors (Lipinski definition) is 1. The maximum Gasteiger partial charge on any atom is 0.387 e. The second-order valence-corrected chi connectivity index (χ2v) is 8.00. The zero-order chi connectivity index (χ0) is 21.0. The number of halogens is 2. The molecule has 0 bridgehead atoms. The molecule has 10 heteroatoms. The van der Waals surface area contributed by atoms with Crippen molar-refractivity contribution in [3.8, 4) is 5.75 Å². The number of carbonyl (C=O) groups excluding carboxylic acids is 1. The number of nitrogens with one attached hydrogen (secondary N) is 1. The third-order valence-electron chi connectivity index (χ3n) is 4.29. The van der Waals surface area contributed by atoms with E-state index in [1.807, 2.05) is 0 Å². The number of amidine groups is 1. The molecular formula is C19H19F2N3O4S. The summed E-state index contributed by atoms with van der Waals surface area (Å²) >= 11 is 0. The second kappa shape index (κ2) is 8.56. The largest absolute Gasteiger partial charge is 0.435 e. The van der Waals surface area contributed by atoms with Gasteiger partial charge in [-0.3, -0.25) is 4.79 Å². The van der Waals surface area contributed by atoms with Crippen molar-refractivity contribution in [1.82, 2.24) is 4.90 Å². The lowest BCUT2D eigenvalue weighted by molar-refractivity contribution is -0.0498. The Balaban J connectivity index is 1.71. The average Bonchev–Trinajstić information content (AvgIpc) is 3.06. The van der Waals surface area contributed by atoms with Gasteiger partial charge in [0.05, 0.1) is 4.90 Å². The first kappa shape index (κ1) is 20.7. The van der Waals surface area contributed by atoms with E-state index in [-0.39, 0.29) is 16.2 Å². The van der Waals surface area contributed by atoms with Crippen LogP contribution in [0.3, 0.4) is 0 Å². The molecule has 0 aromatic heterocycles. The van der Waals surface area contributed by atoms with Gasteiger partial charge in [-0.05, 0) is 48.9 Å². The Morgan fingerprint density at radius 3 is 2.55 bits per heavy atom. The number of sulfonamides is 1. The Morgan fingerprint density at radius 1 is 1.21 bits per heavy atom. The summed E-state index contributed by atoms with van der Waals surface area (Å²) in [6, 6.07) is 10.9. The van der Waals surface area contributed by atoms with Gasteiger partial charge < -0.3 is 15.0 Å². The van der Waals surface area contributed by atoms with Crippen molar-refractivity contribution in [3.05, 3.63) is 54.1 Å².